The number of thioether (sulfide) groups is 1. The van der Waals surface area contributed by atoms with Crippen molar-refractivity contribution in [3.8, 4) is 6.07 Å². The molecule has 16 heavy (non-hydrogen) atoms. The number of fused-ring (bicyclic) bond motifs is 1. The quantitative estimate of drug-likeness (QED) is 0.687. The van der Waals surface area contributed by atoms with Gasteiger partial charge in [0.15, 0.2) is 0 Å². The molecular weight excluding hydrogens is 216 g/mol. The minimum absolute atomic E-state index is 0.0268. The molecule has 84 valence electrons. The number of nitriles is 1. The second kappa shape index (κ2) is 4.03. The highest BCUT2D eigenvalue weighted by atomic mass is 32.2. The van der Waals surface area contributed by atoms with Crippen LogP contribution in [0.4, 0.5) is 5.69 Å². The summed E-state index contributed by atoms with van der Waals surface area (Å²) in [6.45, 7) is 6.35. The summed E-state index contributed by atoms with van der Waals surface area (Å²) >= 11 is 1.70. The zero-order valence-electron chi connectivity index (χ0n) is 10.1. The third-order valence-corrected chi connectivity index (χ3v) is 4.72. The zero-order chi connectivity index (χ0) is 11.9. The van der Waals surface area contributed by atoms with Gasteiger partial charge >= 0.3 is 0 Å². The predicted molar refractivity (Wildman–Crippen MR) is 69.0 cm³/mol. The Hall–Kier alpha value is -1.14. The molecule has 2 nitrogen and oxygen atoms in total. The Balaban J connectivity index is 2.55. The van der Waals surface area contributed by atoms with Crippen molar-refractivity contribution in [3.63, 3.8) is 0 Å². The maximum absolute atomic E-state index is 9.15. The lowest BCUT2D eigenvalue weighted by Gasteiger charge is -2.37. The van der Waals surface area contributed by atoms with E-state index in [-0.39, 0.29) is 11.3 Å². The van der Waals surface area contributed by atoms with Gasteiger partial charge in [-0.1, -0.05) is 6.07 Å². The summed E-state index contributed by atoms with van der Waals surface area (Å²) in [5, 5.41) is 9.18. The third-order valence-electron chi connectivity index (χ3n) is 3.20. The Morgan fingerprint density at radius 1 is 1.38 bits per heavy atom. The van der Waals surface area contributed by atoms with Gasteiger partial charge in [0.1, 0.15) is 5.25 Å². The third kappa shape index (κ3) is 1.68. The Kier molecular flexibility index (Phi) is 2.86. The Morgan fingerprint density at radius 2 is 2.06 bits per heavy atom. The summed E-state index contributed by atoms with van der Waals surface area (Å²) in [7, 11) is 2.08. The number of rotatable bonds is 0. The fourth-order valence-electron chi connectivity index (χ4n) is 2.13. The average Bonchev–Trinajstić information content (AvgIpc) is 2.24. The number of hydrogen-bond acceptors (Lipinski definition) is 3. The van der Waals surface area contributed by atoms with Gasteiger partial charge in [-0.3, -0.25) is 0 Å². The second-order valence-electron chi connectivity index (χ2n) is 4.45. The molecule has 0 radical (unpaired) electrons. The highest BCUT2D eigenvalue weighted by molar-refractivity contribution is 8.00. The lowest BCUT2D eigenvalue weighted by molar-refractivity contribution is 0.696. The first kappa shape index (κ1) is 11.3. The molecule has 2 rings (SSSR count). The van der Waals surface area contributed by atoms with Crippen LogP contribution in [0.3, 0.4) is 0 Å². The minimum Gasteiger partial charge on any atom is -0.369 e. The second-order valence-corrected chi connectivity index (χ2v) is 5.60. The fraction of sp³-hybridized carbons (Fsp3) is 0.462. The van der Waals surface area contributed by atoms with Gasteiger partial charge in [0.2, 0.25) is 0 Å². The van der Waals surface area contributed by atoms with Gasteiger partial charge in [-0.25, -0.2) is 0 Å². The molecule has 1 heterocycles. The molecule has 0 spiro atoms. The molecule has 1 aliphatic heterocycles. The molecule has 1 aliphatic rings. The van der Waals surface area contributed by atoms with E-state index in [9.17, 15) is 0 Å². The lowest BCUT2D eigenvalue weighted by Crippen LogP contribution is -2.40. The lowest BCUT2D eigenvalue weighted by atomic mass is 10.1. The summed E-state index contributed by atoms with van der Waals surface area (Å²) in [6, 6.07) is 7.05. The van der Waals surface area contributed by atoms with E-state index in [1.165, 1.54) is 21.7 Å². The van der Waals surface area contributed by atoms with E-state index in [0.717, 1.165) is 0 Å². The van der Waals surface area contributed by atoms with E-state index in [1.54, 1.807) is 11.8 Å². The number of nitrogens with zero attached hydrogens (tertiary/aromatic N) is 2. The molecule has 3 heteroatoms. The first-order valence-corrected chi connectivity index (χ1v) is 6.33. The highest BCUT2D eigenvalue weighted by Crippen LogP contribution is 2.43. The Labute approximate surface area is 101 Å². The van der Waals surface area contributed by atoms with Gasteiger partial charge in [-0.05, 0) is 38.0 Å². The molecule has 0 saturated carbocycles. The molecule has 1 aromatic carbocycles. The van der Waals surface area contributed by atoms with Crippen LogP contribution < -0.4 is 4.90 Å². The number of benzene rings is 1. The molecule has 0 aromatic heterocycles. The van der Waals surface area contributed by atoms with Crippen molar-refractivity contribution < 1.29 is 0 Å². The zero-order valence-corrected chi connectivity index (χ0v) is 10.9. The van der Waals surface area contributed by atoms with Crippen LogP contribution in [0.15, 0.2) is 17.0 Å². The monoisotopic (exact) mass is 232 g/mol. The van der Waals surface area contributed by atoms with Gasteiger partial charge < -0.3 is 4.90 Å². The standard InChI is InChI=1S/C13H16N2S/c1-8-5-9(2)13-11(6-8)15(4)10(3)12(7-14)16-13/h5-6,10,12H,1-4H3. The molecular formula is C13H16N2S. The largest absolute Gasteiger partial charge is 0.369 e. The Morgan fingerprint density at radius 3 is 2.69 bits per heavy atom. The normalized spacial score (nSPS) is 23.8. The maximum atomic E-state index is 9.15. The van der Waals surface area contributed by atoms with Crippen LogP contribution in [0, 0.1) is 25.2 Å². The summed E-state index contributed by atoms with van der Waals surface area (Å²) in [5.74, 6) is 0. The summed E-state index contributed by atoms with van der Waals surface area (Å²) in [6.07, 6.45) is 0. The molecule has 0 bridgehead atoms. The van der Waals surface area contributed by atoms with Gasteiger partial charge in [0, 0.05) is 11.9 Å². The number of anilines is 1. The average molecular weight is 232 g/mol. The number of hydrogen-bond donors (Lipinski definition) is 0. The van der Waals surface area contributed by atoms with Gasteiger partial charge in [-0.15, -0.1) is 11.8 Å². The molecule has 2 unspecified atom stereocenters. The smallest absolute Gasteiger partial charge is 0.116 e. The molecule has 0 amide bonds. The van der Waals surface area contributed by atoms with Crippen LogP contribution in [0.25, 0.3) is 0 Å². The van der Waals surface area contributed by atoms with E-state index in [0.29, 0.717) is 0 Å². The van der Waals surface area contributed by atoms with Crippen molar-refractivity contribution in [2.45, 2.75) is 37.0 Å². The molecule has 0 saturated heterocycles. The topological polar surface area (TPSA) is 27.0 Å². The SMILES string of the molecule is Cc1cc(C)c2c(c1)N(C)C(C)C(C#N)S2. The highest BCUT2D eigenvalue weighted by Gasteiger charge is 2.30. The van der Waals surface area contributed by atoms with Crippen molar-refractivity contribution in [2.75, 3.05) is 11.9 Å². The molecule has 0 fully saturated rings. The first-order chi connectivity index (χ1) is 7.54. The van der Waals surface area contributed by atoms with Crippen molar-refractivity contribution in [2.24, 2.45) is 0 Å². The van der Waals surface area contributed by atoms with Crippen LogP contribution >= 0.6 is 11.8 Å². The van der Waals surface area contributed by atoms with Crippen LogP contribution in [-0.4, -0.2) is 18.3 Å². The first-order valence-electron chi connectivity index (χ1n) is 5.45. The van der Waals surface area contributed by atoms with Crippen LogP contribution in [0.2, 0.25) is 0 Å². The van der Waals surface area contributed by atoms with E-state index >= 15 is 0 Å². The predicted octanol–water partition coefficient (Wildman–Crippen LogP) is 3.13. The summed E-state index contributed by atoms with van der Waals surface area (Å²) < 4.78 is 0. The summed E-state index contributed by atoms with van der Waals surface area (Å²) in [5.41, 5.74) is 3.83. The van der Waals surface area contributed by atoms with Gasteiger partial charge in [-0.2, -0.15) is 5.26 Å². The van der Waals surface area contributed by atoms with Crippen molar-refractivity contribution >= 4 is 17.4 Å². The molecule has 1 aromatic rings. The van der Waals surface area contributed by atoms with Crippen molar-refractivity contribution in [1.29, 1.82) is 5.26 Å². The minimum atomic E-state index is 0.0268. The van der Waals surface area contributed by atoms with Gasteiger partial charge in [0.25, 0.3) is 0 Å². The fourth-order valence-corrected chi connectivity index (χ4v) is 3.38. The van der Waals surface area contributed by atoms with E-state index in [2.05, 4.69) is 50.9 Å². The van der Waals surface area contributed by atoms with Crippen LogP contribution in [0.5, 0.6) is 0 Å². The van der Waals surface area contributed by atoms with E-state index in [4.69, 9.17) is 5.26 Å². The van der Waals surface area contributed by atoms with Gasteiger partial charge in [0.05, 0.1) is 17.8 Å². The van der Waals surface area contributed by atoms with E-state index < -0.39 is 0 Å². The van der Waals surface area contributed by atoms with Crippen molar-refractivity contribution in [3.05, 3.63) is 23.3 Å². The molecule has 2 atom stereocenters. The Bertz CT molecular complexity index is 462. The van der Waals surface area contributed by atoms with Crippen molar-refractivity contribution in [1.82, 2.24) is 0 Å². The summed E-state index contributed by atoms with van der Waals surface area (Å²) in [4.78, 5) is 3.48. The molecule has 0 N–H and O–H groups in total. The van der Waals surface area contributed by atoms with Crippen LogP contribution in [0.1, 0.15) is 18.1 Å². The maximum Gasteiger partial charge on any atom is 0.116 e. The number of aryl methyl sites for hydroxylation is 2. The molecule has 0 aliphatic carbocycles. The van der Waals surface area contributed by atoms with Crippen LogP contribution in [-0.2, 0) is 0 Å². The van der Waals surface area contributed by atoms with E-state index in [1.807, 2.05) is 0 Å².